The predicted molar refractivity (Wildman–Crippen MR) is 236 cm³/mol. The summed E-state index contributed by atoms with van der Waals surface area (Å²) in [6, 6.07) is 4.82. The van der Waals surface area contributed by atoms with Crippen LogP contribution >= 0.6 is 0 Å². The Morgan fingerprint density at radius 1 is 0.967 bits per heavy atom. The van der Waals surface area contributed by atoms with Gasteiger partial charge in [-0.15, -0.1) is 6.58 Å². The van der Waals surface area contributed by atoms with E-state index in [0.717, 1.165) is 56.1 Å². The van der Waals surface area contributed by atoms with Crippen LogP contribution in [0.2, 0.25) is 0 Å². The maximum atomic E-state index is 13.6. The summed E-state index contributed by atoms with van der Waals surface area (Å²) in [5.41, 5.74) is 1.92. The zero-order valence-electron chi connectivity index (χ0n) is 37.7. The number of nitrogens with zero attached hydrogens (tertiary/aromatic N) is 2. The molecule has 3 N–H and O–H groups in total. The fourth-order valence-corrected chi connectivity index (χ4v) is 9.28. The van der Waals surface area contributed by atoms with Crippen molar-refractivity contribution in [2.75, 3.05) is 40.0 Å². The monoisotopic (exact) mass is 840 g/mol. The first-order chi connectivity index (χ1) is 28.9. The largest absolute Gasteiger partial charge is 0.459 e. The highest BCUT2D eigenvalue weighted by atomic mass is 16.7. The summed E-state index contributed by atoms with van der Waals surface area (Å²) >= 11 is 0. The number of carbonyl (C=O) groups is 2. The molecule has 12 heteroatoms. The zero-order valence-corrected chi connectivity index (χ0v) is 37.7. The number of benzene rings is 1. The fraction of sp³-hybridized carbons (Fsp3) is 0.729. The van der Waals surface area contributed by atoms with E-state index in [4.69, 9.17) is 28.9 Å². The van der Waals surface area contributed by atoms with Crippen LogP contribution in [0.1, 0.15) is 155 Å². The van der Waals surface area contributed by atoms with Crippen LogP contribution in [0.15, 0.2) is 47.7 Å². The molecule has 0 radical (unpaired) electrons. The Morgan fingerprint density at radius 3 is 2.27 bits per heavy atom. The topological polar surface area (TPSA) is 148 Å². The van der Waals surface area contributed by atoms with Crippen LogP contribution in [0, 0.1) is 17.8 Å². The van der Waals surface area contributed by atoms with Crippen LogP contribution in [0.25, 0.3) is 0 Å². The number of aliphatic hydroxyl groups excluding tert-OH is 2. The number of fused-ring (bicyclic) bond motifs is 2. The summed E-state index contributed by atoms with van der Waals surface area (Å²) in [7, 11) is 1.71. The molecular weight excluding hydrogens is 763 g/mol. The molecule has 3 aliphatic rings. The molecule has 1 heterocycles. The van der Waals surface area contributed by atoms with Gasteiger partial charge in [0.1, 0.15) is 23.1 Å². The van der Waals surface area contributed by atoms with Crippen molar-refractivity contribution in [1.29, 1.82) is 0 Å². The number of hydrogen-bond donors (Lipinski definition) is 3. The Labute approximate surface area is 360 Å². The number of allylic oxidation sites excluding steroid dienone is 1. The normalized spacial score (nSPS) is 23.8. The van der Waals surface area contributed by atoms with E-state index in [1.54, 1.807) is 31.0 Å². The van der Waals surface area contributed by atoms with Gasteiger partial charge in [-0.1, -0.05) is 94.9 Å². The SMILES string of the molecule is C=CCOC12Oc3ccc(OC(=O)NCCCCCCCCCCCC)cc3C3C(CCCCO)C(CCCCO)C=C(C(=NOC(C)(C)C)CC1N(C)C(=O)OCC)C32. The maximum absolute atomic E-state index is 13.6. The molecule has 6 unspecified atom stereocenters. The Balaban J connectivity index is 1.74. The first-order valence-corrected chi connectivity index (χ1v) is 23.1. The van der Waals surface area contributed by atoms with Crippen LogP contribution in [-0.4, -0.2) is 90.5 Å². The van der Waals surface area contributed by atoms with Gasteiger partial charge in [0.2, 0.25) is 5.79 Å². The van der Waals surface area contributed by atoms with Gasteiger partial charge in [-0.05, 0) is 95.4 Å². The molecule has 12 nitrogen and oxygen atoms in total. The number of aliphatic hydroxyl groups is 2. The van der Waals surface area contributed by atoms with E-state index in [9.17, 15) is 19.8 Å². The van der Waals surface area contributed by atoms with E-state index in [2.05, 4.69) is 24.9 Å². The van der Waals surface area contributed by atoms with Gasteiger partial charge in [-0.2, -0.15) is 0 Å². The summed E-state index contributed by atoms with van der Waals surface area (Å²) < 4.78 is 25.5. The van der Waals surface area contributed by atoms with Crippen molar-refractivity contribution in [2.45, 2.75) is 167 Å². The number of amides is 2. The van der Waals surface area contributed by atoms with Crippen LogP contribution < -0.4 is 14.8 Å². The molecular formula is C48H77N3O9. The molecule has 0 aromatic heterocycles. The Kier molecular flexibility index (Phi) is 20.2. The summed E-state index contributed by atoms with van der Waals surface area (Å²) in [4.78, 5) is 34.5. The van der Waals surface area contributed by atoms with Crippen molar-refractivity contribution < 1.29 is 43.6 Å². The van der Waals surface area contributed by atoms with Crippen molar-refractivity contribution in [3.05, 3.63) is 48.1 Å². The van der Waals surface area contributed by atoms with Crippen LogP contribution in [0.4, 0.5) is 9.59 Å². The van der Waals surface area contributed by atoms with Crippen molar-refractivity contribution in [2.24, 2.45) is 22.9 Å². The number of ether oxygens (including phenoxy) is 4. The second-order valence-corrected chi connectivity index (χ2v) is 17.8. The summed E-state index contributed by atoms with van der Waals surface area (Å²) in [5.74, 6) is -1.02. The van der Waals surface area contributed by atoms with E-state index in [1.807, 2.05) is 32.9 Å². The number of nitrogens with one attached hydrogen (secondary N) is 1. The molecule has 2 aliphatic carbocycles. The molecule has 2 amide bonds. The average Bonchev–Trinajstić information content (AvgIpc) is 3.22. The molecule has 0 saturated heterocycles. The highest BCUT2D eigenvalue weighted by molar-refractivity contribution is 6.03. The summed E-state index contributed by atoms with van der Waals surface area (Å²) in [5, 5.41) is 27.5. The van der Waals surface area contributed by atoms with E-state index >= 15 is 0 Å². The van der Waals surface area contributed by atoms with Gasteiger partial charge < -0.3 is 44.2 Å². The van der Waals surface area contributed by atoms with Gasteiger partial charge in [0.25, 0.3) is 0 Å². The third-order valence-electron chi connectivity index (χ3n) is 12.1. The third kappa shape index (κ3) is 13.4. The van der Waals surface area contributed by atoms with Crippen molar-refractivity contribution in [1.82, 2.24) is 10.2 Å². The quantitative estimate of drug-likeness (QED) is 0.0471. The first-order valence-electron chi connectivity index (χ1n) is 23.1. The maximum Gasteiger partial charge on any atom is 0.412 e. The molecule has 1 aliphatic heterocycles. The lowest BCUT2D eigenvalue weighted by atomic mass is 9.55. The molecule has 4 rings (SSSR count). The minimum absolute atomic E-state index is 0.0372. The minimum Gasteiger partial charge on any atom is -0.459 e. The Bertz CT molecular complexity index is 1560. The van der Waals surface area contributed by atoms with Gasteiger partial charge in [0.05, 0.1) is 24.8 Å². The molecule has 1 fully saturated rings. The van der Waals surface area contributed by atoms with E-state index in [1.165, 1.54) is 44.9 Å². The lowest BCUT2D eigenvalue weighted by Crippen LogP contribution is -2.69. The molecule has 0 spiro atoms. The van der Waals surface area contributed by atoms with Gasteiger partial charge in [0, 0.05) is 44.7 Å². The van der Waals surface area contributed by atoms with Crippen LogP contribution in [0.5, 0.6) is 11.5 Å². The minimum atomic E-state index is -1.39. The van der Waals surface area contributed by atoms with Crippen molar-refractivity contribution in [3.63, 3.8) is 0 Å². The Hall–Kier alpha value is -3.61. The van der Waals surface area contributed by atoms with Crippen molar-refractivity contribution >= 4 is 17.9 Å². The lowest BCUT2D eigenvalue weighted by molar-refractivity contribution is -0.253. The van der Waals surface area contributed by atoms with Crippen molar-refractivity contribution in [3.8, 4) is 11.5 Å². The van der Waals surface area contributed by atoms with Gasteiger partial charge in [0.15, 0.2) is 0 Å². The van der Waals surface area contributed by atoms with E-state index in [0.29, 0.717) is 36.6 Å². The number of carbonyl (C=O) groups excluding carboxylic acids is 2. The zero-order chi connectivity index (χ0) is 43.5. The second-order valence-electron chi connectivity index (χ2n) is 17.8. The van der Waals surface area contributed by atoms with E-state index in [-0.39, 0.29) is 50.6 Å². The highest BCUT2D eigenvalue weighted by Gasteiger charge is 2.65. The molecule has 60 heavy (non-hydrogen) atoms. The number of unbranched alkanes of at least 4 members (excludes halogenated alkanes) is 11. The molecule has 338 valence electrons. The van der Waals surface area contributed by atoms with E-state index < -0.39 is 35.5 Å². The number of likely N-dealkylation sites (N-methyl/N-ethyl adjacent to an activating group) is 1. The Morgan fingerprint density at radius 2 is 1.63 bits per heavy atom. The number of oxime groups is 1. The molecule has 0 bridgehead atoms. The summed E-state index contributed by atoms with van der Waals surface area (Å²) in [6.07, 6.45) is 20.0. The van der Waals surface area contributed by atoms with Gasteiger partial charge in [-0.25, -0.2) is 9.59 Å². The third-order valence-corrected chi connectivity index (χ3v) is 12.1. The van der Waals surface area contributed by atoms with Gasteiger partial charge in [-0.3, -0.25) is 0 Å². The van der Waals surface area contributed by atoms with Crippen LogP contribution in [0.3, 0.4) is 0 Å². The standard InChI is InChI=1S/C48H77N3O9/c1-8-11-12-13-14-15-16-17-18-21-28-49-45(54)58-36-26-27-41-39(33-36)43-37(25-20-23-30-53)35(24-19-22-29-52)32-38-40(50-60-47(4,5)6)34-42(51(7)46(55)56-10-3)48(59-41,44(38)43)57-31-9-2/h9,26-27,32-33,35,37,42-44,52-53H,2,8,10-25,28-31,34H2,1,3-7H3,(H,49,54). The van der Waals surface area contributed by atoms with Gasteiger partial charge >= 0.3 is 12.2 Å². The lowest BCUT2D eigenvalue weighted by Gasteiger charge is -2.59. The second kappa shape index (κ2) is 24.7. The molecule has 1 aromatic carbocycles. The summed E-state index contributed by atoms with van der Waals surface area (Å²) in [6.45, 7) is 14.9. The fourth-order valence-electron chi connectivity index (χ4n) is 9.28. The highest BCUT2D eigenvalue weighted by Crippen LogP contribution is 2.61. The molecule has 1 saturated carbocycles. The number of rotatable bonds is 26. The van der Waals surface area contributed by atoms with Crippen LogP contribution in [-0.2, 0) is 14.3 Å². The first kappa shape index (κ1) is 49.0. The molecule has 1 aromatic rings. The predicted octanol–water partition coefficient (Wildman–Crippen LogP) is 10.2. The number of hydrogen-bond acceptors (Lipinski definition) is 10. The smallest absolute Gasteiger partial charge is 0.412 e. The average molecular weight is 840 g/mol. The molecule has 6 atom stereocenters.